The van der Waals surface area contributed by atoms with Gasteiger partial charge in [-0.1, -0.05) is 13.8 Å². The minimum Gasteiger partial charge on any atom is -0.394 e. The fourth-order valence-corrected chi connectivity index (χ4v) is 1.62. The molecule has 0 saturated carbocycles. The second-order valence-electron chi connectivity index (χ2n) is 3.30. The van der Waals surface area contributed by atoms with Crippen molar-refractivity contribution in [3.05, 3.63) is 0 Å². The monoisotopic (exact) mass is 190 g/mol. The van der Waals surface area contributed by atoms with Crippen LogP contribution in [0, 0.1) is 0 Å². The highest BCUT2D eigenvalue weighted by Gasteiger charge is 2.44. The molecule has 0 aliphatic carbocycles. The zero-order valence-corrected chi connectivity index (χ0v) is 8.19. The van der Waals surface area contributed by atoms with Crippen LogP contribution >= 0.6 is 0 Å². The third-order valence-electron chi connectivity index (χ3n) is 2.58. The Kier molecular flexibility index (Phi) is 3.67. The van der Waals surface area contributed by atoms with Crippen molar-refractivity contribution in [1.82, 2.24) is 0 Å². The van der Waals surface area contributed by atoms with Gasteiger partial charge in [-0.25, -0.2) is 0 Å². The lowest BCUT2D eigenvalue weighted by molar-refractivity contribution is -0.183. The Morgan fingerprint density at radius 3 is 1.62 bits per heavy atom. The molecule has 13 heavy (non-hydrogen) atoms. The van der Waals surface area contributed by atoms with Gasteiger partial charge in [-0.2, -0.15) is 0 Å². The summed E-state index contributed by atoms with van der Waals surface area (Å²) in [6, 6.07) is 0. The minimum atomic E-state index is -0.596. The Balaban J connectivity index is 2.65. The highest BCUT2D eigenvalue weighted by molar-refractivity contribution is 4.83. The summed E-state index contributed by atoms with van der Waals surface area (Å²) in [6.45, 7) is 3.73. The summed E-state index contributed by atoms with van der Waals surface area (Å²) in [7, 11) is 0. The molecule has 4 nitrogen and oxygen atoms in total. The molecule has 2 atom stereocenters. The van der Waals surface area contributed by atoms with E-state index >= 15 is 0 Å². The maximum Gasteiger partial charge on any atom is 0.169 e. The van der Waals surface area contributed by atoms with Crippen LogP contribution in [0.25, 0.3) is 0 Å². The molecule has 0 amide bonds. The van der Waals surface area contributed by atoms with Crippen LogP contribution in [0.1, 0.15) is 26.7 Å². The fraction of sp³-hybridized carbons (Fsp3) is 1.00. The predicted molar refractivity (Wildman–Crippen MR) is 47.2 cm³/mol. The summed E-state index contributed by atoms with van der Waals surface area (Å²) in [5.74, 6) is -0.596. The van der Waals surface area contributed by atoms with Crippen molar-refractivity contribution in [2.45, 2.75) is 44.7 Å². The molecule has 0 unspecified atom stereocenters. The number of ether oxygens (including phenoxy) is 2. The summed E-state index contributed by atoms with van der Waals surface area (Å²) >= 11 is 0. The van der Waals surface area contributed by atoms with Gasteiger partial charge in [0.15, 0.2) is 5.79 Å². The van der Waals surface area contributed by atoms with Crippen LogP contribution in [0.3, 0.4) is 0 Å². The van der Waals surface area contributed by atoms with E-state index in [0.717, 1.165) is 12.8 Å². The molecular formula is C9H18O4. The second kappa shape index (κ2) is 4.37. The predicted octanol–water partition coefficient (Wildman–Crippen LogP) is 0.271. The highest BCUT2D eigenvalue weighted by Crippen LogP contribution is 2.33. The van der Waals surface area contributed by atoms with Gasteiger partial charge in [-0.05, 0) is 12.8 Å². The summed E-state index contributed by atoms with van der Waals surface area (Å²) < 4.78 is 11.1. The number of aliphatic hydroxyl groups excluding tert-OH is 2. The first-order chi connectivity index (χ1) is 6.21. The van der Waals surface area contributed by atoms with E-state index in [1.54, 1.807) is 0 Å². The number of hydrogen-bond acceptors (Lipinski definition) is 4. The highest BCUT2D eigenvalue weighted by atomic mass is 16.8. The lowest BCUT2D eigenvalue weighted by atomic mass is 10.1. The summed E-state index contributed by atoms with van der Waals surface area (Å²) in [5, 5.41) is 17.9. The van der Waals surface area contributed by atoms with Crippen molar-refractivity contribution in [1.29, 1.82) is 0 Å². The maximum absolute atomic E-state index is 8.97. The molecule has 0 radical (unpaired) electrons. The molecular weight excluding hydrogens is 172 g/mol. The fourth-order valence-electron chi connectivity index (χ4n) is 1.62. The van der Waals surface area contributed by atoms with Gasteiger partial charge in [0.05, 0.1) is 13.2 Å². The van der Waals surface area contributed by atoms with E-state index in [4.69, 9.17) is 19.7 Å². The zero-order valence-electron chi connectivity index (χ0n) is 8.19. The molecule has 1 aliphatic rings. The van der Waals surface area contributed by atoms with E-state index in [1.165, 1.54) is 0 Å². The van der Waals surface area contributed by atoms with Crippen LogP contribution in [0.15, 0.2) is 0 Å². The van der Waals surface area contributed by atoms with Crippen molar-refractivity contribution >= 4 is 0 Å². The molecule has 1 fully saturated rings. The van der Waals surface area contributed by atoms with E-state index in [-0.39, 0.29) is 25.4 Å². The Hall–Kier alpha value is -0.160. The molecule has 0 aromatic rings. The van der Waals surface area contributed by atoms with Crippen molar-refractivity contribution in [3.8, 4) is 0 Å². The molecule has 78 valence electrons. The lowest BCUT2D eigenvalue weighted by Gasteiger charge is -2.24. The van der Waals surface area contributed by atoms with Crippen LogP contribution in [-0.2, 0) is 9.47 Å². The summed E-state index contributed by atoms with van der Waals surface area (Å²) in [6.07, 6.45) is 0.697. The summed E-state index contributed by atoms with van der Waals surface area (Å²) in [5.41, 5.74) is 0. The van der Waals surface area contributed by atoms with Crippen LogP contribution in [0.2, 0.25) is 0 Å². The topological polar surface area (TPSA) is 58.9 Å². The average molecular weight is 190 g/mol. The van der Waals surface area contributed by atoms with Gasteiger partial charge in [0, 0.05) is 0 Å². The van der Waals surface area contributed by atoms with E-state index in [1.807, 2.05) is 13.8 Å². The maximum atomic E-state index is 8.97. The summed E-state index contributed by atoms with van der Waals surface area (Å²) in [4.78, 5) is 0. The molecule has 1 heterocycles. The largest absolute Gasteiger partial charge is 0.394 e. The minimum absolute atomic E-state index is 0.104. The van der Waals surface area contributed by atoms with Gasteiger partial charge in [-0.15, -0.1) is 0 Å². The molecule has 0 aromatic carbocycles. The Morgan fingerprint density at radius 2 is 1.38 bits per heavy atom. The van der Waals surface area contributed by atoms with Crippen LogP contribution in [0.5, 0.6) is 0 Å². The third kappa shape index (κ3) is 2.02. The van der Waals surface area contributed by atoms with E-state index in [9.17, 15) is 0 Å². The lowest BCUT2D eigenvalue weighted by Crippen LogP contribution is -2.29. The molecule has 1 aliphatic heterocycles. The number of hydrogen-bond donors (Lipinski definition) is 2. The van der Waals surface area contributed by atoms with Crippen molar-refractivity contribution < 1.29 is 19.7 Å². The van der Waals surface area contributed by atoms with Gasteiger partial charge in [0.25, 0.3) is 0 Å². The van der Waals surface area contributed by atoms with Crippen molar-refractivity contribution in [2.75, 3.05) is 13.2 Å². The number of aliphatic hydroxyl groups is 2. The molecule has 0 aromatic heterocycles. The third-order valence-corrected chi connectivity index (χ3v) is 2.58. The molecule has 1 rings (SSSR count). The first-order valence-corrected chi connectivity index (χ1v) is 4.78. The van der Waals surface area contributed by atoms with Gasteiger partial charge >= 0.3 is 0 Å². The zero-order chi connectivity index (χ0) is 9.90. The average Bonchev–Trinajstić information content (AvgIpc) is 2.57. The van der Waals surface area contributed by atoms with Crippen molar-refractivity contribution in [3.63, 3.8) is 0 Å². The molecule has 2 N–H and O–H groups in total. The van der Waals surface area contributed by atoms with Gasteiger partial charge < -0.3 is 19.7 Å². The van der Waals surface area contributed by atoms with Crippen LogP contribution in [-0.4, -0.2) is 41.4 Å². The molecule has 1 saturated heterocycles. The quantitative estimate of drug-likeness (QED) is 0.668. The van der Waals surface area contributed by atoms with E-state index < -0.39 is 5.79 Å². The Morgan fingerprint density at radius 1 is 1.00 bits per heavy atom. The van der Waals surface area contributed by atoms with Crippen LogP contribution in [0.4, 0.5) is 0 Å². The standard InChI is InChI=1S/C9H18O4/c1-3-9(4-2)12-7(5-10)8(6-11)13-9/h7-8,10-11H,3-6H2,1-2H3/t7-,8-/m0/s1. The normalized spacial score (nSPS) is 32.3. The molecule has 0 spiro atoms. The second-order valence-corrected chi connectivity index (χ2v) is 3.30. The van der Waals surface area contributed by atoms with E-state index in [2.05, 4.69) is 0 Å². The molecule has 4 heteroatoms. The number of rotatable bonds is 4. The molecule has 0 bridgehead atoms. The smallest absolute Gasteiger partial charge is 0.169 e. The van der Waals surface area contributed by atoms with Crippen molar-refractivity contribution in [2.24, 2.45) is 0 Å². The first kappa shape index (κ1) is 10.9. The Bertz CT molecular complexity index is 142. The van der Waals surface area contributed by atoms with Gasteiger partial charge in [-0.3, -0.25) is 0 Å². The van der Waals surface area contributed by atoms with E-state index in [0.29, 0.717) is 0 Å². The SMILES string of the molecule is CCC1(CC)O[C@@H](CO)[C@H](CO)O1. The Labute approximate surface area is 78.5 Å². The van der Waals surface area contributed by atoms with Crippen LogP contribution < -0.4 is 0 Å². The first-order valence-electron chi connectivity index (χ1n) is 4.78. The van der Waals surface area contributed by atoms with Gasteiger partial charge in [0.2, 0.25) is 0 Å². The van der Waals surface area contributed by atoms with Gasteiger partial charge in [0.1, 0.15) is 12.2 Å².